The van der Waals surface area contributed by atoms with Gasteiger partial charge >= 0.3 is 65.0 Å². The first kappa shape index (κ1) is 36.0. The standard InChI is InChI=1S/Ca.4NO3.Pb/c;4*2-1(3)4;/q+2;4*-1;+2. The Bertz CT molecular complexity index is 164. The molecule has 18 heteroatoms. The van der Waals surface area contributed by atoms with Gasteiger partial charge in [0.15, 0.2) is 0 Å². The Labute approximate surface area is 145 Å². The van der Waals surface area contributed by atoms with Gasteiger partial charge in [0, 0.05) is 0 Å². The summed E-state index contributed by atoms with van der Waals surface area (Å²) in [6, 6.07) is 0. The van der Waals surface area contributed by atoms with E-state index >= 15 is 0 Å². The van der Waals surface area contributed by atoms with Crippen LogP contribution in [0, 0.1) is 61.3 Å². The third-order valence-electron chi connectivity index (χ3n) is 0. The third-order valence-corrected chi connectivity index (χ3v) is 0. The molecule has 2 radical (unpaired) electrons. The van der Waals surface area contributed by atoms with E-state index in [0.717, 1.165) is 0 Å². The van der Waals surface area contributed by atoms with Crippen LogP contribution < -0.4 is 0 Å². The van der Waals surface area contributed by atoms with Gasteiger partial charge in [-0.25, -0.2) is 0 Å². The van der Waals surface area contributed by atoms with E-state index in [9.17, 15) is 0 Å². The number of nitrogens with zero attached hydrogens (tertiary/aromatic N) is 4. The predicted octanol–water partition coefficient (Wildman–Crippen LogP) is -1.72. The van der Waals surface area contributed by atoms with Crippen molar-refractivity contribution in [1.82, 2.24) is 0 Å². The number of hydrogen-bond donors (Lipinski definition) is 0. The molecule has 0 fully saturated rings. The zero-order valence-corrected chi connectivity index (χ0v) is 14.0. The molecule has 0 aliphatic carbocycles. The minimum Gasteiger partial charge on any atom is -0.356 e. The van der Waals surface area contributed by atoms with Crippen molar-refractivity contribution in [3.8, 4) is 0 Å². The van der Waals surface area contributed by atoms with Crippen molar-refractivity contribution in [2.75, 3.05) is 0 Å². The zero-order valence-electron chi connectivity index (χ0n) is 7.89. The predicted molar refractivity (Wildman–Crippen MR) is 53.0 cm³/mol. The molecule has 98 valence electrons. The van der Waals surface area contributed by atoms with Crippen molar-refractivity contribution in [1.29, 1.82) is 0 Å². The summed E-state index contributed by atoms with van der Waals surface area (Å²) in [4.78, 5) is 33.0. The van der Waals surface area contributed by atoms with E-state index < -0.39 is 20.3 Å². The van der Waals surface area contributed by atoms with Crippen LogP contribution in [0.2, 0.25) is 0 Å². The van der Waals surface area contributed by atoms with Gasteiger partial charge in [-0.3, -0.25) is 0 Å². The Morgan fingerprint density at radius 1 is 0.444 bits per heavy atom. The number of hydrogen-bond acceptors (Lipinski definition) is 12. The Morgan fingerprint density at radius 3 is 0.444 bits per heavy atom. The SMILES string of the molecule is O=[N+]([O-])[O-].O=[N+]([O-])[O-].O=[N+]([O-])[O-].O=[N+]([O-])[O-].[Ca+2].[Pb+2]. The fraction of sp³-hybridized carbons (Fsp3) is 0. The molecule has 0 unspecified atom stereocenters. The Hall–Kier alpha value is -1.02. The molecule has 0 saturated carbocycles. The molecule has 0 aliphatic heterocycles. The van der Waals surface area contributed by atoms with E-state index in [1.165, 1.54) is 0 Å². The largest absolute Gasteiger partial charge is 2.00 e. The van der Waals surface area contributed by atoms with Crippen molar-refractivity contribution in [2.45, 2.75) is 0 Å². The molecule has 16 nitrogen and oxygen atoms in total. The Morgan fingerprint density at radius 2 is 0.444 bits per heavy atom. The van der Waals surface area contributed by atoms with Crippen LogP contribution in [0.1, 0.15) is 0 Å². The normalized spacial score (nSPS) is 5.33. The topological polar surface area (TPSA) is 265 Å². The first-order chi connectivity index (χ1) is 6.93. The molecule has 0 rings (SSSR count). The molecule has 0 amide bonds. The van der Waals surface area contributed by atoms with Crippen LogP contribution in [0.4, 0.5) is 0 Å². The summed E-state index contributed by atoms with van der Waals surface area (Å²) < 4.78 is 0. The molecule has 0 aromatic rings. The van der Waals surface area contributed by atoms with Crippen LogP contribution in [0.3, 0.4) is 0 Å². The molecule has 0 heterocycles. The second kappa shape index (κ2) is 29.7. The van der Waals surface area contributed by atoms with Gasteiger partial charge in [-0.05, 0) is 0 Å². The zero-order chi connectivity index (χ0) is 14.3. The van der Waals surface area contributed by atoms with E-state index in [1.54, 1.807) is 0 Å². The summed E-state index contributed by atoms with van der Waals surface area (Å²) in [5, 5.41) is 59.0. The van der Waals surface area contributed by atoms with Gasteiger partial charge in [0.25, 0.3) is 0 Å². The summed E-state index contributed by atoms with van der Waals surface area (Å²) in [7, 11) is 0. The summed E-state index contributed by atoms with van der Waals surface area (Å²) in [5.74, 6) is 0. The molecule has 0 atom stereocenters. The minimum absolute atomic E-state index is 0. The van der Waals surface area contributed by atoms with E-state index in [4.69, 9.17) is 61.3 Å². The summed E-state index contributed by atoms with van der Waals surface area (Å²) in [6.07, 6.45) is 0. The molecule has 0 N–H and O–H groups in total. The van der Waals surface area contributed by atoms with E-state index in [2.05, 4.69) is 0 Å². The molecule has 0 aromatic heterocycles. The van der Waals surface area contributed by atoms with Crippen molar-refractivity contribution in [2.24, 2.45) is 0 Å². The summed E-state index contributed by atoms with van der Waals surface area (Å²) in [6.45, 7) is 0. The van der Waals surface area contributed by atoms with E-state index in [-0.39, 0.29) is 65.0 Å². The minimum atomic E-state index is -1.75. The first-order valence-corrected chi connectivity index (χ1v) is 2.19. The van der Waals surface area contributed by atoms with Crippen molar-refractivity contribution >= 4 is 65.0 Å². The molecule has 0 aliphatic rings. The second-order valence-electron chi connectivity index (χ2n) is 0.894. The van der Waals surface area contributed by atoms with Crippen LogP contribution in [-0.2, 0) is 0 Å². The average molecular weight is 495 g/mol. The van der Waals surface area contributed by atoms with Crippen LogP contribution in [0.5, 0.6) is 0 Å². The van der Waals surface area contributed by atoms with E-state index in [1.807, 2.05) is 0 Å². The molecule has 0 aromatic carbocycles. The number of rotatable bonds is 0. The molecular formula is CaN4O12Pb. The van der Waals surface area contributed by atoms with Gasteiger partial charge in [-0.2, -0.15) is 0 Å². The maximum atomic E-state index is 8.25. The molecule has 0 saturated heterocycles. The van der Waals surface area contributed by atoms with Crippen LogP contribution >= 0.6 is 0 Å². The Kier molecular flexibility index (Phi) is 59.4. The van der Waals surface area contributed by atoms with Gasteiger partial charge in [-0.1, -0.05) is 0 Å². The van der Waals surface area contributed by atoms with Crippen LogP contribution in [0.15, 0.2) is 0 Å². The van der Waals surface area contributed by atoms with Gasteiger partial charge in [0.2, 0.25) is 0 Å². The summed E-state index contributed by atoms with van der Waals surface area (Å²) in [5.41, 5.74) is 0. The third kappa shape index (κ3) is 2830. The molecule has 18 heavy (non-hydrogen) atoms. The maximum Gasteiger partial charge on any atom is 2.00 e. The van der Waals surface area contributed by atoms with Crippen LogP contribution in [0.25, 0.3) is 0 Å². The van der Waals surface area contributed by atoms with Crippen molar-refractivity contribution < 1.29 is 20.3 Å². The fourth-order valence-electron chi connectivity index (χ4n) is 0. The molecule has 0 spiro atoms. The van der Waals surface area contributed by atoms with Gasteiger partial charge in [0.05, 0.1) is 20.3 Å². The van der Waals surface area contributed by atoms with Gasteiger partial charge in [0.1, 0.15) is 0 Å². The fourth-order valence-corrected chi connectivity index (χ4v) is 0. The monoisotopic (exact) mass is 496 g/mol. The molecule has 0 bridgehead atoms. The first-order valence-electron chi connectivity index (χ1n) is 2.19. The average Bonchev–Trinajstić information content (AvgIpc) is 1.76. The smallest absolute Gasteiger partial charge is 0.356 e. The van der Waals surface area contributed by atoms with E-state index in [0.29, 0.717) is 0 Å². The van der Waals surface area contributed by atoms with Crippen molar-refractivity contribution in [3.05, 3.63) is 61.3 Å². The van der Waals surface area contributed by atoms with Crippen molar-refractivity contribution in [3.63, 3.8) is 0 Å². The second-order valence-corrected chi connectivity index (χ2v) is 0.894. The molecular weight excluding hydrogens is 495 g/mol. The quantitative estimate of drug-likeness (QED) is 0.206. The maximum absolute atomic E-state index is 8.25. The Balaban J connectivity index is -0.0000000257. The summed E-state index contributed by atoms with van der Waals surface area (Å²) >= 11 is 0. The van der Waals surface area contributed by atoms with Gasteiger partial charge < -0.3 is 61.3 Å². The van der Waals surface area contributed by atoms with Gasteiger partial charge in [-0.15, -0.1) is 0 Å². The van der Waals surface area contributed by atoms with Crippen LogP contribution in [-0.4, -0.2) is 85.4 Å².